The summed E-state index contributed by atoms with van der Waals surface area (Å²) < 4.78 is 11.2. The lowest BCUT2D eigenvalue weighted by molar-refractivity contribution is -0.133. The molecule has 6 heteroatoms. The summed E-state index contributed by atoms with van der Waals surface area (Å²) in [7, 11) is 0. The number of aromatic nitrogens is 1. The number of aliphatic carboxylic acids is 1. The Morgan fingerprint density at radius 1 is 1.24 bits per heavy atom. The molecule has 0 fully saturated rings. The van der Waals surface area contributed by atoms with Gasteiger partial charge in [0.1, 0.15) is 0 Å². The normalized spacial score (nSPS) is 10.6. The Bertz CT molecular complexity index is 645. The zero-order valence-corrected chi connectivity index (χ0v) is 12.8. The van der Waals surface area contributed by atoms with Gasteiger partial charge in [-0.05, 0) is 26.0 Å². The van der Waals surface area contributed by atoms with E-state index in [4.69, 9.17) is 14.6 Å². The molecule has 0 unspecified atom stereocenters. The largest absolute Gasteiger partial charge is 0.490 e. The zero-order valence-electron chi connectivity index (χ0n) is 12.0. The van der Waals surface area contributed by atoms with Crippen molar-refractivity contribution in [3.8, 4) is 11.5 Å². The van der Waals surface area contributed by atoms with Gasteiger partial charge in [-0.15, -0.1) is 11.8 Å². The quantitative estimate of drug-likeness (QED) is 0.792. The van der Waals surface area contributed by atoms with Crippen LogP contribution in [-0.4, -0.2) is 35.0 Å². The van der Waals surface area contributed by atoms with E-state index in [1.807, 2.05) is 32.0 Å². The van der Waals surface area contributed by atoms with E-state index in [9.17, 15) is 4.79 Å². The third kappa shape index (κ3) is 3.78. The molecule has 2 aromatic rings. The minimum absolute atomic E-state index is 0.0102. The van der Waals surface area contributed by atoms with Gasteiger partial charge in [0.05, 0.1) is 24.5 Å². The van der Waals surface area contributed by atoms with Gasteiger partial charge in [0.25, 0.3) is 0 Å². The van der Waals surface area contributed by atoms with E-state index < -0.39 is 5.97 Å². The van der Waals surface area contributed by atoms with Crippen LogP contribution < -0.4 is 9.47 Å². The second kappa shape index (κ2) is 7.17. The van der Waals surface area contributed by atoms with E-state index >= 15 is 0 Å². The van der Waals surface area contributed by atoms with Gasteiger partial charge in [-0.25, -0.2) is 0 Å². The number of carboxylic acid groups (broad SMARTS) is 1. The van der Waals surface area contributed by atoms with Crippen LogP contribution in [0.1, 0.15) is 13.8 Å². The Morgan fingerprint density at radius 2 is 1.90 bits per heavy atom. The lowest BCUT2D eigenvalue weighted by atomic mass is 10.2. The maximum atomic E-state index is 10.7. The molecule has 1 aromatic heterocycles. The third-order valence-corrected chi connectivity index (χ3v) is 3.78. The maximum absolute atomic E-state index is 10.7. The molecule has 0 aliphatic rings. The van der Waals surface area contributed by atoms with Crippen LogP contribution >= 0.6 is 11.8 Å². The summed E-state index contributed by atoms with van der Waals surface area (Å²) in [5.74, 6) is 0.466. The van der Waals surface area contributed by atoms with E-state index in [1.165, 1.54) is 11.8 Å². The monoisotopic (exact) mass is 307 g/mol. The number of carbonyl (C=O) groups is 1. The summed E-state index contributed by atoms with van der Waals surface area (Å²) in [6.07, 6.45) is 1.67. The molecule has 0 aliphatic heterocycles. The minimum Gasteiger partial charge on any atom is -0.490 e. The average Bonchev–Trinajstić information content (AvgIpc) is 2.46. The highest BCUT2D eigenvalue weighted by Gasteiger charge is 2.12. The summed E-state index contributed by atoms with van der Waals surface area (Å²) in [4.78, 5) is 15.9. The lowest BCUT2D eigenvalue weighted by Crippen LogP contribution is -2.00. The maximum Gasteiger partial charge on any atom is 0.313 e. The van der Waals surface area contributed by atoms with E-state index in [0.717, 1.165) is 15.8 Å². The smallest absolute Gasteiger partial charge is 0.313 e. The van der Waals surface area contributed by atoms with E-state index in [0.29, 0.717) is 24.7 Å². The van der Waals surface area contributed by atoms with Crippen LogP contribution in [0.2, 0.25) is 0 Å². The van der Waals surface area contributed by atoms with Gasteiger partial charge in [0, 0.05) is 22.5 Å². The molecular weight excluding hydrogens is 290 g/mol. The molecule has 0 aliphatic carbocycles. The molecule has 1 N–H and O–H groups in total. The van der Waals surface area contributed by atoms with Gasteiger partial charge < -0.3 is 14.6 Å². The highest BCUT2D eigenvalue weighted by Crippen LogP contribution is 2.36. The summed E-state index contributed by atoms with van der Waals surface area (Å²) >= 11 is 1.27. The topological polar surface area (TPSA) is 68.7 Å². The Morgan fingerprint density at radius 3 is 2.52 bits per heavy atom. The summed E-state index contributed by atoms with van der Waals surface area (Å²) in [5.41, 5.74) is 0.761. The first-order valence-corrected chi connectivity index (χ1v) is 7.67. The van der Waals surface area contributed by atoms with Crippen molar-refractivity contribution in [1.82, 2.24) is 4.98 Å². The molecule has 2 rings (SSSR count). The second-order valence-electron chi connectivity index (χ2n) is 4.17. The first-order chi connectivity index (χ1) is 10.2. The van der Waals surface area contributed by atoms with Crippen molar-refractivity contribution in [2.24, 2.45) is 0 Å². The number of fused-ring (bicyclic) bond motifs is 1. The van der Waals surface area contributed by atoms with E-state index in [2.05, 4.69) is 4.98 Å². The number of thioether (sulfide) groups is 1. The second-order valence-corrected chi connectivity index (χ2v) is 5.19. The number of carboxylic acids is 1. The number of rotatable bonds is 7. The van der Waals surface area contributed by atoms with Crippen molar-refractivity contribution < 1.29 is 19.4 Å². The summed E-state index contributed by atoms with van der Waals surface area (Å²) in [6, 6.07) is 5.50. The van der Waals surface area contributed by atoms with Crippen LogP contribution in [0.3, 0.4) is 0 Å². The Balaban J connectivity index is 2.47. The molecule has 1 heterocycles. The molecule has 0 saturated heterocycles. The number of pyridine rings is 1. The lowest BCUT2D eigenvalue weighted by Gasteiger charge is -2.13. The van der Waals surface area contributed by atoms with Crippen LogP contribution in [0.4, 0.5) is 0 Å². The van der Waals surface area contributed by atoms with Crippen LogP contribution in [-0.2, 0) is 4.79 Å². The van der Waals surface area contributed by atoms with Gasteiger partial charge in [-0.1, -0.05) is 0 Å². The molecule has 0 amide bonds. The SMILES string of the molecule is CCOc1cc2nccc(SCC(=O)O)c2cc1OCC. The first kappa shape index (κ1) is 15.4. The molecule has 0 saturated carbocycles. The van der Waals surface area contributed by atoms with Crippen molar-refractivity contribution in [2.75, 3.05) is 19.0 Å². The van der Waals surface area contributed by atoms with E-state index in [-0.39, 0.29) is 5.75 Å². The van der Waals surface area contributed by atoms with Gasteiger partial charge in [-0.3, -0.25) is 9.78 Å². The fraction of sp³-hybridized carbons (Fsp3) is 0.333. The molecule has 5 nitrogen and oxygen atoms in total. The van der Waals surface area contributed by atoms with Crippen molar-refractivity contribution in [1.29, 1.82) is 0 Å². The molecule has 0 bridgehead atoms. The Kier molecular flexibility index (Phi) is 5.27. The number of hydrogen-bond donors (Lipinski definition) is 1. The fourth-order valence-corrected chi connectivity index (χ4v) is 2.69. The highest BCUT2D eigenvalue weighted by atomic mass is 32.2. The summed E-state index contributed by atoms with van der Waals surface area (Å²) in [6.45, 7) is 4.89. The van der Waals surface area contributed by atoms with Crippen LogP contribution in [0, 0.1) is 0 Å². The molecule has 0 spiro atoms. The minimum atomic E-state index is -0.846. The van der Waals surface area contributed by atoms with E-state index in [1.54, 1.807) is 6.20 Å². The van der Waals surface area contributed by atoms with Gasteiger partial charge in [0.2, 0.25) is 0 Å². The predicted octanol–water partition coefficient (Wildman–Crippen LogP) is 3.21. The fourth-order valence-electron chi connectivity index (χ4n) is 1.93. The number of ether oxygens (including phenoxy) is 2. The van der Waals surface area contributed by atoms with Crippen LogP contribution in [0.25, 0.3) is 10.9 Å². The Labute approximate surface area is 127 Å². The highest BCUT2D eigenvalue weighted by molar-refractivity contribution is 8.00. The summed E-state index contributed by atoms with van der Waals surface area (Å²) in [5, 5.41) is 9.69. The molecule has 0 radical (unpaired) electrons. The molecule has 112 valence electrons. The van der Waals surface area contributed by atoms with Crippen LogP contribution in [0.5, 0.6) is 11.5 Å². The van der Waals surface area contributed by atoms with Gasteiger partial charge in [0.15, 0.2) is 11.5 Å². The van der Waals surface area contributed by atoms with Gasteiger partial charge >= 0.3 is 5.97 Å². The first-order valence-electron chi connectivity index (χ1n) is 6.68. The molecule has 1 aromatic carbocycles. The third-order valence-electron chi connectivity index (χ3n) is 2.72. The van der Waals surface area contributed by atoms with Crippen LogP contribution in [0.15, 0.2) is 29.3 Å². The molecule has 0 atom stereocenters. The number of hydrogen-bond acceptors (Lipinski definition) is 5. The van der Waals surface area contributed by atoms with Gasteiger partial charge in [-0.2, -0.15) is 0 Å². The molecular formula is C15H17NO4S. The Hall–Kier alpha value is -1.95. The standard InChI is InChI=1S/C15H17NO4S/c1-3-19-12-7-10-11(8-13(12)20-4-2)16-6-5-14(10)21-9-15(17)18/h5-8H,3-4,9H2,1-2H3,(H,17,18). The number of nitrogens with zero attached hydrogens (tertiary/aromatic N) is 1. The van der Waals surface area contributed by atoms with Crippen molar-refractivity contribution in [3.63, 3.8) is 0 Å². The zero-order chi connectivity index (χ0) is 15.2. The molecule has 21 heavy (non-hydrogen) atoms. The van der Waals surface area contributed by atoms with Crippen molar-refractivity contribution in [2.45, 2.75) is 18.7 Å². The van der Waals surface area contributed by atoms with Crippen molar-refractivity contribution >= 4 is 28.6 Å². The number of benzene rings is 1. The predicted molar refractivity (Wildman–Crippen MR) is 82.4 cm³/mol. The van der Waals surface area contributed by atoms with Crippen molar-refractivity contribution in [3.05, 3.63) is 24.4 Å². The average molecular weight is 307 g/mol.